The average Bonchev–Trinajstić information content (AvgIpc) is 2.43. The van der Waals surface area contributed by atoms with Crippen molar-refractivity contribution in [2.45, 2.75) is 37.6 Å². The number of amidine groups is 1. The van der Waals surface area contributed by atoms with Crippen molar-refractivity contribution in [3.05, 3.63) is 0 Å². The molecule has 14 heavy (non-hydrogen) atoms. The zero-order chi connectivity index (χ0) is 10.2. The number of rotatable bonds is 3. The molecule has 0 atom stereocenters. The lowest BCUT2D eigenvalue weighted by atomic mass is 9.75. The van der Waals surface area contributed by atoms with Gasteiger partial charge in [-0.05, 0) is 39.8 Å². The van der Waals surface area contributed by atoms with Crippen LogP contribution in [0.5, 0.6) is 0 Å². The van der Waals surface area contributed by atoms with Gasteiger partial charge in [-0.15, -0.1) is 0 Å². The van der Waals surface area contributed by atoms with E-state index in [4.69, 9.17) is 5.41 Å². The molecule has 80 valence electrons. The molecule has 1 saturated heterocycles. The summed E-state index contributed by atoms with van der Waals surface area (Å²) in [4.78, 5) is 4.64. The predicted molar refractivity (Wildman–Crippen MR) is 58.8 cm³/mol. The van der Waals surface area contributed by atoms with E-state index in [1.807, 2.05) is 0 Å². The van der Waals surface area contributed by atoms with Gasteiger partial charge in [-0.3, -0.25) is 5.41 Å². The van der Waals surface area contributed by atoms with Gasteiger partial charge in [0.15, 0.2) is 0 Å². The summed E-state index contributed by atoms with van der Waals surface area (Å²) >= 11 is 0. The number of nitrogens with zero attached hydrogens (tertiary/aromatic N) is 2. The molecule has 2 rings (SSSR count). The van der Waals surface area contributed by atoms with Crippen molar-refractivity contribution in [1.82, 2.24) is 9.80 Å². The molecule has 0 unspecified atom stereocenters. The molecule has 0 radical (unpaired) electrons. The Morgan fingerprint density at radius 2 is 2.07 bits per heavy atom. The van der Waals surface area contributed by atoms with Gasteiger partial charge in [0.2, 0.25) is 0 Å². The third kappa shape index (κ3) is 1.54. The summed E-state index contributed by atoms with van der Waals surface area (Å²) in [7, 11) is 4.36. The van der Waals surface area contributed by atoms with Crippen molar-refractivity contribution >= 4 is 5.84 Å². The molecule has 2 aliphatic rings. The normalized spacial score (nSPS) is 25.6. The summed E-state index contributed by atoms with van der Waals surface area (Å²) in [6.45, 7) is 2.19. The van der Waals surface area contributed by atoms with Gasteiger partial charge >= 0.3 is 0 Å². The second-order valence-corrected chi connectivity index (χ2v) is 4.94. The molecule has 1 aliphatic carbocycles. The fraction of sp³-hybridized carbons (Fsp3) is 0.909. The third-order valence-electron chi connectivity index (χ3n) is 3.94. The van der Waals surface area contributed by atoms with E-state index in [-0.39, 0.29) is 0 Å². The quantitative estimate of drug-likeness (QED) is 0.740. The van der Waals surface area contributed by atoms with E-state index in [9.17, 15) is 0 Å². The van der Waals surface area contributed by atoms with Gasteiger partial charge < -0.3 is 9.80 Å². The Labute approximate surface area is 86.6 Å². The summed E-state index contributed by atoms with van der Waals surface area (Å²) in [5, 5.41) is 7.83. The number of hydrogen-bond donors (Lipinski definition) is 1. The summed E-state index contributed by atoms with van der Waals surface area (Å²) < 4.78 is 0. The molecule has 3 nitrogen and oxygen atoms in total. The minimum absolute atomic E-state index is 0.386. The Bertz CT molecular complexity index is 231. The molecule has 2 fully saturated rings. The van der Waals surface area contributed by atoms with E-state index in [1.54, 1.807) is 0 Å². The summed E-state index contributed by atoms with van der Waals surface area (Å²) in [5.41, 5.74) is 0.386. The molecular weight excluding hydrogens is 174 g/mol. The van der Waals surface area contributed by atoms with E-state index in [0.29, 0.717) is 5.54 Å². The first-order valence-electron chi connectivity index (χ1n) is 5.64. The SMILES string of the molecule is CN(C)C1(CN2CCCC2=N)CCC1. The maximum absolute atomic E-state index is 7.83. The number of hydrogen-bond acceptors (Lipinski definition) is 2. The van der Waals surface area contributed by atoms with Gasteiger partial charge in [0.25, 0.3) is 0 Å². The van der Waals surface area contributed by atoms with Gasteiger partial charge in [-0.2, -0.15) is 0 Å². The summed E-state index contributed by atoms with van der Waals surface area (Å²) in [6, 6.07) is 0. The maximum Gasteiger partial charge on any atom is 0.0958 e. The van der Waals surface area contributed by atoms with Crippen molar-refractivity contribution in [3.8, 4) is 0 Å². The van der Waals surface area contributed by atoms with E-state index in [1.165, 1.54) is 25.7 Å². The van der Waals surface area contributed by atoms with E-state index in [2.05, 4.69) is 23.9 Å². The van der Waals surface area contributed by atoms with E-state index < -0.39 is 0 Å². The van der Waals surface area contributed by atoms with Crippen LogP contribution in [0.25, 0.3) is 0 Å². The summed E-state index contributed by atoms with van der Waals surface area (Å²) in [6.07, 6.45) is 6.15. The van der Waals surface area contributed by atoms with Crippen LogP contribution in [-0.2, 0) is 0 Å². The van der Waals surface area contributed by atoms with Crippen LogP contribution >= 0.6 is 0 Å². The van der Waals surface area contributed by atoms with Crippen molar-refractivity contribution < 1.29 is 0 Å². The van der Waals surface area contributed by atoms with E-state index in [0.717, 1.165) is 25.3 Å². The molecule has 1 N–H and O–H groups in total. The lowest BCUT2D eigenvalue weighted by Crippen LogP contribution is -2.57. The number of likely N-dealkylation sites (tertiary alicyclic amines) is 1. The lowest BCUT2D eigenvalue weighted by molar-refractivity contribution is 0.0402. The van der Waals surface area contributed by atoms with Crippen LogP contribution in [0.4, 0.5) is 0 Å². The van der Waals surface area contributed by atoms with Crippen LogP contribution in [-0.4, -0.2) is 48.4 Å². The Morgan fingerprint density at radius 3 is 2.43 bits per heavy atom. The fourth-order valence-corrected chi connectivity index (χ4v) is 2.59. The number of nitrogens with one attached hydrogen (secondary N) is 1. The first-order valence-corrected chi connectivity index (χ1v) is 5.64. The first kappa shape index (κ1) is 9.97. The van der Waals surface area contributed by atoms with E-state index >= 15 is 0 Å². The van der Waals surface area contributed by atoms with Crippen LogP contribution in [0.3, 0.4) is 0 Å². The van der Waals surface area contributed by atoms with Crippen LogP contribution < -0.4 is 0 Å². The highest BCUT2D eigenvalue weighted by Gasteiger charge is 2.41. The Balaban J connectivity index is 1.97. The van der Waals surface area contributed by atoms with Gasteiger partial charge in [0, 0.05) is 25.0 Å². The smallest absolute Gasteiger partial charge is 0.0958 e. The van der Waals surface area contributed by atoms with Crippen LogP contribution in [0.15, 0.2) is 0 Å². The second-order valence-electron chi connectivity index (χ2n) is 4.94. The topological polar surface area (TPSA) is 30.3 Å². The Morgan fingerprint density at radius 1 is 1.36 bits per heavy atom. The molecule has 3 heteroatoms. The molecular formula is C11H21N3. The molecule has 0 aromatic heterocycles. The minimum Gasteiger partial charge on any atom is -0.359 e. The average molecular weight is 195 g/mol. The van der Waals surface area contributed by atoms with Crippen LogP contribution in [0, 0.1) is 5.41 Å². The summed E-state index contributed by atoms with van der Waals surface area (Å²) in [5.74, 6) is 0.859. The fourth-order valence-electron chi connectivity index (χ4n) is 2.59. The Kier molecular flexibility index (Phi) is 2.52. The van der Waals surface area contributed by atoms with Gasteiger partial charge in [-0.1, -0.05) is 0 Å². The molecule has 0 bridgehead atoms. The highest BCUT2D eigenvalue weighted by molar-refractivity contribution is 5.81. The molecule has 0 spiro atoms. The monoisotopic (exact) mass is 195 g/mol. The van der Waals surface area contributed by atoms with Crippen molar-refractivity contribution in [3.63, 3.8) is 0 Å². The molecule has 1 saturated carbocycles. The standard InChI is InChI=1S/C11H21N3/c1-13(2)11(6-4-7-11)9-14-8-3-5-10(14)12/h12H,3-9H2,1-2H3. The lowest BCUT2D eigenvalue weighted by Gasteiger charge is -2.49. The van der Waals surface area contributed by atoms with Gasteiger partial charge in [0.05, 0.1) is 5.84 Å². The first-order chi connectivity index (χ1) is 6.64. The molecule has 1 heterocycles. The second kappa shape index (κ2) is 3.54. The molecule has 0 aromatic carbocycles. The zero-order valence-electron chi connectivity index (χ0n) is 9.34. The highest BCUT2D eigenvalue weighted by atomic mass is 15.3. The highest BCUT2D eigenvalue weighted by Crippen LogP contribution is 2.37. The maximum atomic E-state index is 7.83. The molecule has 1 aliphatic heterocycles. The molecule has 0 amide bonds. The predicted octanol–water partition coefficient (Wildman–Crippen LogP) is 1.54. The molecule has 0 aromatic rings. The minimum atomic E-state index is 0.386. The number of likely N-dealkylation sites (N-methyl/N-ethyl adjacent to an activating group) is 1. The van der Waals surface area contributed by atoms with Crippen molar-refractivity contribution in [2.24, 2.45) is 0 Å². The van der Waals surface area contributed by atoms with Gasteiger partial charge in [0.1, 0.15) is 0 Å². The van der Waals surface area contributed by atoms with Crippen molar-refractivity contribution in [1.29, 1.82) is 5.41 Å². The van der Waals surface area contributed by atoms with Crippen LogP contribution in [0.1, 0.15) is 32.1 Å². The Hall–Kier alpha value is -0.570. The van der Waals surface area contributed by atoms with Crippen LogP contribution in [0.2, 0.25) is 0 Å². The van der Waals surface area contributed by atoms with Crippen molar-refractivity contribution in [2.75, 3.05) is 27.2 Å². The third-order valence-corrected chi connectivity index (χ3v) is 3.94. The zero-order valence-corrected chi connectivity index (χ0v) is 9.34. The largest absolute Gasteiger partial charge is 0.359 e. The van der Waals surface area contributed by atoms with Gasteiger partial charge in [-0.25, -0.2) is 0 Å².